The molecule has 0 atom stereocenters. The first-order valence-corrected chi connectivity index (χ1v) is 7.69. The minimum absolute atomic E-state index is 0.0673. The Hall–Kier alpha value is -1.33. The van der Waals surface area contributed by atoms with Crippen molar-refractivity contribution in [3.05, 3.63) is 57.0 Å². The fraction of sp³-hybridized carbons (Fsp3) is 0.133. The van der Waals surface area contributed by atoms with Gasteiger partial charge in [0.15, 0.2) is 0 Å². The molecule has 0 saturated carbocycles. The van der Waals surface area contributed by atoms with E-state index in [9.17, 15) is 4.79 Å². The van der Waals surface area contributed by atoms with Gasteiger partial charge in [-0.2, -0.15) is 0 Å². The highest BCUT2D eigenvalue weighted by molar-refractivity contribution is 9.11. The molecule has 0 bridgehead atoms. The van der Waals surface area contributed by atoms with Gasteiger partial charge in [0.05, 0.1) is 0 Å². The number of para-hydroxylation sites is 1. The molecule has 104 valence electrons. The number of hydrogen-bond acceptors (Lipinski definition) is 2. The van der Waals surface area contributed by atoms with E-state index >= 15 is 0 Å². The van der Waals surface area contributed by atoms with Gasteiger partial charge in [-0.15, -0.1) is 0 Å². The second kappa shape index (κ2) is 6.90. The standard InChI is InChI=1S/C15H14Br2N2O/c1-10(20)19-14-5-3-2-4-11(14)9-18-15-7-6-12(16)8-13(15)17/h2-8,18H,9H2,1H3,(H,19,20). The van der Waals surface area contributed by atoms with E-state index in [-0.39, 0.29) is 5.91 Å². The Balaban J connectivity index is 2.12. The second-order valence-electron chi connectivity index (χ2n) is 4.32. The van der Waals surface area contributed by atoms with Crippen molar-refractivity contribution in [2.75, 3.05) is 10.6 Å². The maximum atomic E-state index is 11.2. The average molecular weight is 398 g/mol. The van der Waals surface area contributed by atoms with E-state index in [0.717, 1.165) is 25.9 Å². The molecule has 0 fully saturated rings. The lowest BCUT2D eigenvalue weighted by Crippen LogP contribution is -2.10. The zero-order chi connectivity index (χ0) is 14.5. The summed E-state index contributed by atoms with van der Waals surface area (Å²) in [6.07, 6.45) is 0. The normalized spacial score (nSPS) is 10.2. The van der Waals surface area contributed by atoms with Gasteiger partial charge in [0.1, 0.15) is 0 Å². The highest BCUT2D eigenvalue weighted by atomic mass is 79.9. The van der Waals surface area contributed by atoms with Gasteiger partial charge in [-0.1, -0.05) is 34.1 Å². The highest BCUT2D eigenvalue weighted by Gasteiger charge is 2.05. The van der Waals surface area contributed by atoms with E-state index in [4.69, 9.17) is 0 Å². The number of carbonyl (C=O) groups is 1. The average Bonchev–Trinajstić information content (AvgIpc) is 2.39. The fourth-order valence-corrected chi connectivity index (χ4v) is 3.00. The van der Waals surface area contributed by atoms with Gasteiger partial charge in [-0.25, -0.2) is 0 Å². The SMILES string of the molecule is CC(=O)Nc1ccccc1CNc1ccc(Br)cc1Br. The van der Waals surface area contributed by atoms with Gasteiger partial charge in [0.2, 0.25) is 5.91 Å². The molecule has 2 rings (SSSR count). The summed E-state index contributed by atoms with van der Waals surface area (Å²) in [5.74, 6) is -0.0673. The van der Waals surface area contributed by atoms with Crippen LogP contribution >= 0.6 is 31.9 Å². The molecule has 2 N–H and O–H groups in total. The van der Waals surface area contributed by atoms with Gasteiger partial charge < -0.3 is 10.6 Å². The zero-order valence-corrected chi connectivity index (χ0v) is 14.1. The third-order valence-corrected chi connectivity index (χ3v) is 3.88. The summed E-state index contributed by atoms with van der Waals surface area (Å²) in [5, 5.41) is 6.19. The molecular formula is C15H14Br2N2O. The maximum Gasteiger partial charge on any atom is 0.221 e. The van der Waals surface area contributed by atoms with Crippen LogP contribution in [0.15, 0.2) is 51.4 Å². The third-order valence-electron chi connectivity index (χ3n) is 2.73. The largest absolute Gasteiger partial charge is 0.380 e. The maximum absolute atomic E-state index is 11.2. The summed E-state index contributed by atoms with van der Waals surface area (Å²) in [7, 11) is 0. The number of nitrogens with one attached hydrogen (secondary N) is 2. The summed E-state index contributed by atoms with van der Waals surface area (Å²) in [6.45, 7) is 2.15. The van der Waals surface area contributed by atoms with Crippen LogP contribution in [-0.4, -0.2) is 5.91 Å². The molecule has 0 heterocycles. The monoisotopic (exact) mass is 396 g/mol. The fourth-order valence-electron chi connectivity index (χ4n) is 1.81. The topological polar surface area (TPSA) is 41.1 Å². The summed E-state index contributed by atoms with van der Waals surface area (Å²) in [4.78, 5) is 11.2. The van der Waals surface area contributed by atoms with Crippen molar-refractivity contribution in [1.29, 1.82) is 0 Å². The molecule has 0 saturated heterocycles. The first-order chi connectivity index (χ1) is 9.56. The van der Waals surface area contributed by atoms with Crippen molar-refractivity contribution in [1.82, 2.24) is 0 Å². The number of halogens is 2. The van der Waals surface area contributed by atoms with E-state index < -0.39 is 0 Å². The van der Waals surface area contributed by atoms with Gasteiger partial charge in [0, 0.05) is 33.8 Å². The van der Waals surface area contributed by atoms with E-state index in [1.54, 1.807) is 0 Å². The molecule has 0 spiro atoms. The van der Waals surface area contributed by atoms with Gasteiger partial charge in [-0.05, 0) is 45.8 Å². The second-order valence-corrected chi connectivity index (χ2v) is 6.09. The number of rotatable bonds is 4. The van der Waals surface area contributed by atoms with Crippen LogP contribution < -0.4 is 10.6 Å². The molecular weight excluding hydrogens is 384 g/mol. The van der Waals surface area contributed by atoms with Crippen LogP contribution in [0, 0.1) is 0 Å². The zero-order valence-electron chi connectivity index (χ0n) is 10.9. The van der Waals surface area contributed by atoms with E-state index in [2.05, 4.69) is 42.5 Å². The van der Waals surface area contributed by atoms with Crippen LogP contribution in [0.3, 0.4) is 0 Å². The van der Waals surface area contributed by atoms with Gasteiger partial charge in [-0.3, -0.25) is 4.79 Å². The van der Waals surface area contributed by atoms with E-state index in [1.165, 1.54) is 6.92 Å². The van der Waals surface area contributed by atoms with E-state index in [1.807, 2.05) is 42.5 Å². The van der Waals surface area contributed by atoms with Gasteiger partial charge in [0.25, 0.3) is 0 Å². The molecule has 0 unspecified atom stereocenters. The van der Waals surface area contributed by atoms with Crippen molar-refractivity contribution in [2.24, 2.45) is 0 Å². The van der Waals surface area contributed by atoms with Crippen molar-refractivity contribution >= 4 is 49.1 Å². The Labute approximate surface area is 135 Å². The van der Waals surface area contributed by atoms with Crippen molar-refractivity contribution < 1.29 is 4.79 Å². The Morgan fingerprint density at radius 1 is 1.10 bits per heavy atom. The minimum atomic E-state index is -0.0673. The Morgan fingerprint density at radius 2 is 1.85 bits per heavy atom. The first kappa shape index (κ1) is 15.1. The Kier molecular flexibility index (Phi) is 5.20. The highest BCUT2D eigenvalue weighted by Crippen LogP contribution is 2.27. The third kappa shape index (κ3) is 4.08. The predicted octanol–water partition coefficient (Wildman–Crippen LogP) is 4.78. The molecule has 20 heavy (non-hydrogen) atoms. The smallest absolute Gasteiger partial charge is 0.221 e. The predicted molar refractivity (Wildman–Crippen MR) is 89.9 cm³/mol. The van der Waals surface area contributed by atoms with Crippen LogP contribution in [0.5, 0.6) is 0 Å². The molecule has 2 aromatic carbocycles. The van der Waals surface area contributed by atoms with Crippen LogP contribution in [0.4, 0.5) is 11.4 Å². The summed E-state index contributed by atoms with van der Waals surface area (Å²) < 4.78 is 2.01. The molecule has 2 aromatic rings. The van der Waals surface area contributed by atoms with Crippen molar-refractivity contribution in [2.45, 2.75) is 13.5 Å². The summed E-state index contributed by atoms with van der Waals surface area (Å²) >= 11 is 6.94. The lowest BCUT2D eigenvalue weighted by Gasteiger charge is -2.13. The number of carbonyl (C=O) groups excluding carboxylic acids is 1. The Bertz CT molecular complexity index is 629. The van der Waals surface area contributed by atoms with Crippen molar-refractivity contribution in [3.8, 4) is 0 Å². The van der Waals surface area contributed by atoms with Crippen LogP contribution in [0.1, 0.15) is 12.5 Å². The molecule has 5 heteroatoms. The summed E-state index contributed by atoms with van der Waals surface area (Å²) in [6, 6.07) is 13.7. The number of hydrogen-bond donors (Lipinski definition) is 2. The van der Waals surface area contributed by atoms with Crippen LogP contribution in [-0.2, 0) is 11.3 Å². The number of anilines is 2. The number of amides is 1. The van der Waals surface area contributed by atoms with Crippen molar-refractivity contribution in [3.63, 3.8) is 0 Å². The van der Waals surface area contributed by atoms with E-state index in [0.29, 0.717) is 6.54 Å². The molecule has 0 aliphatic carbocycles. The van der Waals surface area contributed by atoms with Crippen LogP contribution in [0.25, 0.3) is 0 Å². The summed E-state index contributed by atoms with van der Waals surface area (Å²) in [5.41, 5.74) is 2.88. The Morgan fingerprint density at radius 3 is 2.55 bits per heavy atom. The van der Waals surface area contributed by atoms with Crippen LogP contribution in [0.2, 0.25) is 0 Å². The lowest BCUT2D eigenvalue weighted by atomic mass is 10.1. The van der Waals surface area contributed by atoms with Gasteiger partial charge >= 0.3 is 0 Å². The first-order valence-electron chi connectivity index (χ1n) is 6.10. The quantitative estimate of drug-likeness (QED) is 0.779. The molecule has 0 radical (unpaired) electrons. The lowest BCUT2D eigenvalue weighted by molar-refractivity contribution is -0.114. The molecule has 1 amide bonds. The molecule has 0 aliphatic heterocycles. The molecule has 3 nitrogen and oxygen atoms in total. The molecule has 0 aromatic heterocycles. The number of benzene rings is 2. The minimum Gasteiger partial charge on any atom is -0.380 e. The molecule has 0 aliphatic rings.